The quantitative estimate of drug-likeness (QED) is 0.592. The van der Waals surface area contributed by atoms with Crippen molar-refractivity contribution in [2.75, 3.05) is 6.61 Å². The number of carbonyl (C=O) groups excluding carboxylic acids is 3. The summed E-state index contributed by atoms with van der Waals surface area (Å²) in [6, 6.07) is 7.25. The number of halogens is 1. The average molecular weight is 442 g/mol. The second-order valence-corrected chi connectivity index (χ2v) is 8.11. The van der Waals surface area contributed by atoms with Gasteiger partial charge in [0.05, 0.1) is 19.4 Å². The highest BCUT2D eigenvalue weighted by Crippen LogP contribution is 2.14. The van der Waals surface area contributed by atoms with Gasteiger partial charge in [-0.25, -0.2) is 0 Å². The molecule has 0 heterocycles. The molecule has 1 aromatic rings. The molecule has 0 aromatic heterocycles. The van der Waals surface area contributed by atoms with Crippen LogP contribution < -0.4 is 5.32 Å². The van der Waals surface area contributed by atoms with E-state index in [0.717, 1.165) is 10.0 Å². The van der Waals surface area contributed by atoms with Gasteiger partial charge < -0.3 is 14.8 Å². The fourth-order valence-electron chi connectivity index (χ4n) is 2.41. The van der Waals surface area contributed by atoms with Gasteiger partial charge in [0.1, 0.15) is 5.60 Å². The van der Waals surface area contributed by atoms with Crippen molar-refractivity contribution in [1.29, 1.82) is 0 Å². The van der Waals surface area contributed by atoms with Gasteiger partial charge in [0.25, 0.3) is 0 Å². The van der Waals surface area contributed by atoms with Crippen molar-refractivity contribution in [3.8, 4) is 0 Å². The second kappa shape index (κ2) is 11.1. The van der Waals surface area contributed by atoms with Crippen LogP contribution in [0.4, 0.5) is 0 Å². The van der Waals surface area contributed by atoms with E-state index < -0.39 is 17.6 Å². The topological polar surface area (TPSA) is 81.7 Å². The van der Waals surface area contributed by atoms with Gasteiger partial charge in [-0.1, -0.05) is 28.1 Å². The maximum absolute atomic E-state index is 12.2. The number of esters is 2. The number of nitrogens with one attached hydrogen (secondary N) is 1. The molecule has 6 nitrogen and oxygen atoms in total. The summed E-state index contributed by atoms with van der Waals surface area (Å²) in [6.45, 7) is 7.35. The Balaban J connectivity index is 2.63. The molecule has 150 valence electrons. The maximum Gasteiger partial charge on any atom is 0.307 e. The zero-order valence-electron chi connectivity index (χ0n) is 16.3. The van der Waals surface area contributed by atoms with Crippen molar-refractivity contribution in [2.24, 2.45) is 0 Å². The first-order chi connectivity index (χ1) is 12.6. The molecule has 1 unspecified atom stereocenters. The molecule has 1 atom stereocenters. The van der Waals surface area contributed by atoms with Gasteiger partial charge in [0, 0.05) is 16.9 Å². The predicted molar refractivity (Wildman–Crippen MR) is 106 cm³/mol. The monoisotopic (exact) mass is 441 g/mol. The number of amides is 1. The summed E-state index contributed by atoms with van der Waals surface area (Å²) < 4.78 is 11.1. The minimum atomic E-state index is -0.582. The molecule has 0 spiro atoms. The minimum Gasteiger partial charge on any atom is -0.466 e. The van der Waals surface area contributed by atoms with Crippen LogP contribution in [0.25, 0.3) is 0 Å². The molecular weight excluding hydrogens is 414 g/mol. The Morgan fingerprint density at radius 1 is 1.07 bits per heavy atom. The zero-order valence-corrected chi connectivity index (χ0v) is 17.9. The summed E-state index contributed by atoms with van der Waals surface area (Å²) in [4.78, 5) is 35.8. The lowest BCUT2D eigenvalue weighted by Gasteiger charge is -2.20. The van der Waals surface area contributed by atoms with Crippen LogP contribution in [0.5, 0.6) is 0 Å². The van der Waals surface area contributed by atoms with E-state index in [4.69, 9.17) is 9.47 Å². The average Bonchev–Trinajstić information content (AvgIpc) is 2.53. The van der Waals surface area contributed by atoms with Crippen molar-refractivity contribution < 1.29 is 23.9 Å². The number of hydrogen-bond acceptors (Lipinski definition) is 5. The van der Waals surface area contributed by atoms with E-state index in [0.29, 0.717) is 6.42 Å². The van der Waals surface area contributed by atoms with Crippen LogP contribution in [0.3, 0.4) is 0 Å². The molecular formula is C20H28BrNO5. The Hall–Kier alpha value is -1.89. The normalized spacial score (nSPS) is 12.2. The van der Waals surface area contributed by atoms with Gasteiger partial charge in [-0.05, 0) is 51.8 Å². The number of ether oxygens (including phenoxy) is 2. The van der Waals surface area contributed by atoms with E-state index in [2.05, 4.69) is 21.2 Å². The van der Waals surface area contributed by atoms with Crippen molar-refractivity contribution >= 4 is 33.8 Å². The number of benzene rings is 1. The van der Waals surface area contributed by atoms with Crippen LogP contribution in [-0.4, -0.2) is 36.1 Å². The van der Waals surface area contributed by atoms with E-state index in [1.807, 2.05) is 24.3 Å². The van der Waals surface area contributed by atoms with Gasteiger partial charge in [-0.2, -0.15) is 0 Å². The summed E-state index contributed by atoms with van der Waals surface area (Å²) in [5.74, 6) is -1.09. The highest BCUT2D eigenvalue weighted by Gasteiger charge is 2.20. The first-order valence-electron chi connectivity index (χ1n) is 9.00. The van der Waals surface area contributed by atoms with E-state index >= 15 is 0 Å². The van der Waals surface area contributed by atoms with E-state index in [9.17, 15) is 14.4 Å². The summed E-state index contributed by atoms with van der Waals surface area (Å²) in [5, 5.41) is 2.83. The summed E-state index contributed by atoms with van der Waals surface area (Å²) >= 11 is 3.38. The third-order valence-electron chi connectivity index (χ3n) is 3.46. The van der Waals surface area contributed by atoms with Crippen LogP contribution in [0, 0.1) is 0 Å². The summed E-state index contributed by atoms with van der Waals surface area (Å²) in [7, 11) is 0. The van der Waals surface area contributed by atoms with E-state index in [-0.39, 0.29) is 37.7 Å². The fraction of sp³-hybridized carbons (Fsp3) is 0.550. The Morgan fingerprint density at radius 3 is 2.26 bits per heavy atom. The summed E-state index contributed by atoms with van der Waals surface area (Å²) in [6.07, 6.45) is 0.564. The van der Waals surface area contributed by atoms with Crippen LogP contribution in [0.1, 0.15) is 52.5 Å². The standard InChI is InChI=1S/C20H28BrNO5/c1-5-26-19(25)13-16(12-14-6-8-15(21)9-7-14)22-17(23)10-11-18(24)27-20(2,3)4/h6-9,16H,5,10-13H2,1-4H3,(H,22,23). The first-order valence-corrected chi connectivity index (χ1v) is 9.79. The molecule has 0 radical (unpaired) electrons. The van der Waals surface area contributed by atoms with Crippen LogP contribution >= 0.6 is 15.9 Å². The van der Waals surface area contributed by atoms with Crippen molar-refractivity contribution in [3.05, 3.63) is 34.3 Å². The van der Waals surface area contributed by atoms with Gasteiger partial charge in [0.2, 0.25) is 5.91 Å². The Kier molecular flexibility index (Phi) is 9.49. The van der Waals surface area contributed by atoms with E-state index in [1.54, 1.807) is 27.7 Å². The number of hydrogen-bond donors (Lipinski definition) is 1. The smallest absolute Gasteiger partial charge is 0.307 e. The third-order valence-corrected chi connectivity index (χ3v) is 3.98. The van der Waals surface area contributed by atoms with Crippen molar-refractivity contribution in [1.82, 2.24) is 5.32 Å². The van der Waals surface area contributed by atoms with Crippen LogP contribution in [0.2, 0.25) is 0 Å². The molecule has 7 heteroatoms. The van der Waals surface area contributed by atoms with Crippen LogP contribution in [0.15, 0.2) is 28.7 Å². The molecule has 1 N–H and O–H groups in total. The Labute approximate surface area is 169 Å². The largest absolute Gasteiger partial charge is 0.466 e. The molecule has 1 amide bonds. The third kappa shape index (κ3) is 10.8. The molecule has 0 bridgehead atoms. The molecule has 0 fully saturated rings. The Morgan fingerprint density at radius 2 is 1.70 bits per heavy atom. The maximum atomic E-state index is 12.2. The van der Waals surface area contributed by atoms with E-state index in [1.165, 1.54) is 0 Å². The molecule has 0 aliphatic rings. The van der Waals surface area contributed by atoms with Gasteiger partial charge in [0.15, 0.2) is 0 Å². The SMILES string of the molecule is CCOC(=O)CC(Cc1ccc(Br)cc1)NC(=O)CCC(=O)OC(C)(C)C. The first kappa shape index (κ1) is 23.1. The van der Waals surface area contributed by atoms with Gasteiger partial charge >= 0.3 is 11.9 Å². The zero-order chi connectivity index (χ0) is 20.4. The lowest BCUT2D eigenvalue weighted by atomic mass is 10.0. The molecule has 1 aromatic carbocycles. The molecule has 27 heavy (non-hydrogen) atoms. The van der Waals surface area contributed by atoms with Crippen molar-refractivity contribution in [3.63, 3.8) is 0 Å². The lowest BCUT2D eigenvalue weighted by Crippen LogP contribution is -2.38. The molecule has 1 rings (SSSR count). The highest BCUT2D eigenvalue weighted by atomic mass is 79.9. The van der Waals surface area contributed by atoms with Crippen molar-refractivity contribution in [2.45, 2.75) is 65.0 Å². The molecule has 0 saturated heterocycles. The molecule has 0 aliphatic heterocycles. The second-order valence-electron chi connectivity index (χ2n) is 7.19. The number of rotatable bonds is 9. The highest BCUT2D eigenvalue weighted by molar-refractivity contribution is 9.10. The summed E-state index contributed by atoms with van der Waals surface area (Å²) in [5.41, 5.74) is 0.404. The lowest BCUT2D eigenvalue weighted by molar-refractivity contribution is -0.156. The van der Waals surface area contributed by atoms with Gasteiger partial charge in [-0.3, -0.25) is 14.4 Å². The molecule has 0 saturated carbocycles. The minimum absolute atomic E-state index is 0.00643. The predicted octanol–water partition coefficient (Wildman–Crippen LogP) is 3.55. The fourth-order valence-corrected chi connectivity index (χ4v) is 2.67. The van der Waals surface area contributed by atoms with Crippen LogP contribution in [-0.2, 0) is 30.3 Å². The molecule has 0 aliphatic carbocycles. The Bertz CT molecular complexity index is 637. The number of carbonyl (C=O) groups is 3. The van der Waals surface area contributed by atoms with Gasteiger partial charge in [-0.15, -0.1) is 0 Å².